The Bertz CT molecular complexity index is 702. The number of H-pyrrole nitrogens is 1. The van der Waals surface area contributed by atoms with Gasteiger partial charge in [-0.2, -0.15) is 5.10 Å². The maximum atomic E-state index is 12.8. The number of aromatic nitrogens is 2. The molecule has 0 unspecified atom stereocenters. The average molecular weight is 295 g/mol. The van der Waals surface area contributed by atoms with E-state index in [4.69, 9.17) is 0 Å². The van der Waals surface area contributed by atoms with Crippen molar-refractivity contribution >= 4 is 5.91 Å². The third-order valence-corrected chi connectivity index (χ3v) is 4.96. The summed E-state index contributed by atoms with van der Waals surface area (Å²) in [5, 5.41) is 7.26. The van der Waals surface area contributed by atoms with Crippen LogP contribution in [0.1, 0.15) is 65.0 Å². The predicted octanol–water partition coefficient (Wildman–Crippen LogP) is 3.44. The molecule has 0 bridgehead atoms. The van der Waals surface area contributed by atoms with E-state index >= 15 is 0 Å². The molecule has 1 fully saturated rings. The standard InChI is InChI=1S/C18H21N3O/c1-21(17-8-4-6-12-5-2-3-7-14(12)17)18(22)16-11-15(19-20-16)13-9-10-13/h2-3,5,7,11,13,17H,4,6,8-10H2,1H3,(H,19,20)/t17-/m1/s1. The van der Waals surface area contributed by atoms with Crippen molar-refractivity contribution in [3.05, 3.63) is 52.8 Å². The van der Waals surface area contributed by atoms with Crippen LogP contribution in [-0.2, 0) is 6.42 Å². The molecule has 1 heterocycles. The van der Waals surface area contributed by atoms with Crippen LogP contribution in [0.2, 0.25) is 0 Å². The predicted molar refractivity (Wildman–Crippen MR) is 84.8 cm³/mol. The fourth-order valence-corrected chi connectivity index (χ4v) is 3.50. The van der Waals surface area contributed by atoms with Crippen molar-refractivity contribution in [1.82, 2.24) is 15.1 Å². The zero-order valence-corrected chi connectivity index (χ0v) is 12.9. The van der Waals surface area contributed by atoms with E-state index in [-0.39, 0.29) is 11.9 Å². The van der Waals surface area contributed by atoms with E-state index in [1.54, 1.807) is 0 Å². The number of fused-ring (bicyclic) bond motifs is 1. The fraction of sp³-hybridized carbons (Fsp3) is 0.444. The topological polar surface area (TPSA) is 49.0 Å². The van der Waals surface area contributed by atoms with Crippen molar-refractivity contribution in [3.8, 4) is 0 Å². The highest BCUT2D eigenvalue weighted by Gasteiger charge is 2.30. The monoisotopic (exact) mass is 295 g/mol. The van der Waals surface area contributed by atoms with E-state index < -0.39 is 0 Å². The third kappa shape index (κ3) is 2.32. The molecule has 114 valence electrons. The Morgan fingerprint density at radius 3 is 2.91 bits per heavy atom. The van der Waals surface area contributed by atoms with Gasteiger partial charge in [-0.1, -0.05) is 24.3 Å². The Morgan fingerprint density at radius 1 is 1.27 bits per heavy atom. The molecule has 22 heavy (non-hydrogen) atoms. The van der Waals surface area contributed by atoms with E-state index in [1.165, 1.54) is 24.0 Å². The van der Waals surface area contributed by atoms with Crippen molar-refractivity contribution in [2.24, 2.45) is 0 Å². The molecule has 0 saturated heterocycles. The number of hydrogen-bond acceptors (Lipinski definition) is 2. The highest BCUT2D eigenvalue weighted by Crippen LogP contribution is 2.39. The van der Waals surface area contributed by atoms with Gasteiger partial charge in [0, 0.05) is 18.7 Å². The first-order valence-electron chi connectivity index (χ1n) is 8.14. The zero-order valence-electron chi connectivity index (χ0n) is 12.9. The lowest BCUT2D eigenvalue weighted by Crippen LogP contribution is -2.33. The molecule has 1 saturated carbocycles. The summed E-state index contributed by atoms with van der Waals surface area (Å²) < 4.78 is 0. The van der Waals surface area contributed by atoms with Gasteiger partial charge in [-0.15, -0.1) is 0 Å². The molecule has 2 aliphatic carbocycles. The molecule has 4 nitrogen and oxygen atoms in total. The summed E-state index contributed by atoms with van der Waals surface area (Å²) in [7, 11) is 1.90. The minimum Gasteiger partial charge on any atom is -0.333 e. The first kappa shape index (κ1) is 13.6. The van der Waals surface area contributed by atoms with Gasteiger partial charge in [0.15, 0.2) is 0 Å². The number of hydrogen-bond donors (Lipinski definition) is 1. The van der Waals surface area contributed by atoms with Gasteiger partial charge in [-0.25, -0.2) is 0 Å². The first-order valence-corrected chi connectivity index (χ1v) is 8.14. The van der Waals surface area contributed by atoms with E-state index in [0.29, 0.717) is 11.6 Å². The van der Waals surface area contributed by atoms with Crippen LogP contribution in [0.4, 0.5) is 0 Å². The zero-order chi connectivity index (χ0) is 15.1. The molecule has 2 aliphatic rings. The van der Waals surface area contributed by atoms with Gasteiger partial charge in [-0.3, -0.25) is 9.89 Å². The maximum absolute atomic E-state index is 12.8. The maximum Gasteiger partial charge on any atom is 0.274 e. The lowest BCUT2D eigenvalue weighted by atomic mass is 9.87. The molecule has 1 amide bonds. The lowest BCUT2D eigenvalue weighted by molar-refractivity contribution is 0.0709. The lowest BCUT2D eigenvalue weighted by Gasteiger charge is -2.32. The molecule has 4 rings (SSSR count). The Kier molecular flexibility index (Phi) is 3.25. The van der Waals surface area contributed by atoms with Gasteiger partial charge >= 0.3 is 0 Å². The summed E-state index contributed by atoms with van der Waals surface area (Å²) in [5.41, 5.74) is 4.33. The number of rotatable bonds is 3. The third-order valence-electron chi connectivity index (χ3n) is 4.96. The van der Waals surface area contributed by atoms with Gasteiger partial charge in [0.2, 0.25) is 0 Å². The Morgan fingerprint density at radius 2 is 2.09 bits per heavy atom. The van der Waals surface area contributed by atoms with E-state index in [0.717, 1.165) is 25.0 Å². The molecular formula is C18H21N3O. The molecule has 0 spiro atoms. The van der Waals surface area contributed by atoms with Crippen molar-refractivity contribution in [2.75, 3.05) is 7.05 Å². The Labute approximate surface area is 130 Å². The van der Waals surface area contributed by atoms with Crippen LogP contribution >= 0.6 is 0 Å². The van der Waals surface area contributed by atoms with Gasteiger partial charge < -0.3 is 4.90 Å². The molecule has 0 aliphatic heterocycles. The van der Waals surface area contributed by atoms with Crippen molar-refractivity contribution < 1.29 is 4.79 Å². The van der Waals surface area contributed by atoms with E-state index in [1.807, 2.05) is 18.0 Å². The number of aryl methyl sites for hydroxylation is 1. The molecule has 2 aromatic rings. The summed E-state index contributed by atoms with van der Waals surface area (Å²) in [6.07, 6.45) is 5.69. The number of amides is 1. The molecule has 1 aromatic heterocycles. The molecular weight excluding hydrogens is 274 g/mol. The quantitative estimate of drug-likeness (QED) is 0.943. The van der Waals surface area contributed by atoms with Gasteiger partial charge in [0.05, 0.1) is 6.04 Å². The number of aromatic amines is 1. The van der Waals surface area contributed by atoms with Crippen LogP contribution in [0.15, 0.2) is 30.3 Å². The van der Waals surface area contributed by atoms with Crippen LogP contribution < -0.4 is 0 Å². The summed E-state index contributed by atoms with van der Waals surface area (Å²) in [5.74, 6) is 0.611. The number of carbonyl (C=O) groups excluding carboxylic acids is 1. The molecule has 1 atom stereocenters. The van der Waals surface area contributed by atoms with Crippen molar-refractivity contribution in [3.63, 3.8) is 0 Å². The molecule has 1 N–H and O–H groups in total. The molecule has 4 heteroatoms. The summed E-state index contributed by atoms with van der Waals surface area (Å²) >= 11 is 0. The highest BCUT2D eigenvalue weighted by molar-refractivity contribution is 5.92. The highest BCUT2D eigenvalue weighted by atomic mass is 16.2. The summed E-state index contributed by atoms with van der Waals surface area (Å²) in [4.78, 5) is 14.6. The SMILES string of the molecule is CN(C(=O)c1cc(C2CC2)[nH]n1)[C@@H]1CCCc2ccccc21. The normalized spacial score (nSPS) is 20.5. The van der Waals surface area contributed by atoms with Crippen LogP contribution in [0.3, 0.4) is 0 Å². The van der Waals surface area contributed by atoms with Crippen LogP contribution in [0, 0.1) is 0 Å². The molecule has 1 aromatic carbocycles. The molecule has 0 radical (unpaired) electrons. The Balaban J connectivity index is 1.58. The second kappa shape index (κ2) is 5.27. The second-order valence-electron chi connectivity index (χ2n) is 6.51. The average Bonchev–Trinajstić information content (AvgIpc) is 3.30. The second-order valence-corrected chi connectivity index (χ2v) is 6.51. The fourth-order valence-electron chi connectivity index (χ4n) is 3.50. The summed E-state index contributed by atoms with van der Waals surface area (Å²) in [6.45, 7) is 0. The first-order chi connectivity index (χ1) is 10.7. The van der Waals surface area contributed by atoms with Gasteiger partial charge in [-0.05, 0) is 49.3 Å². The number of nitrogens with zero attached hydrogens (tertiary/aromatic N) is 2. The number of carbonyl (C=O) groups is 1. The largest absolute Gasteiger partial charge is 0.333 e. The van der Waals surface area contributed by atoms with E-state index in [9.17, 15) is 4.79 Å². The van der Waals surface area contributed by atoms with E-state index in [2.05, 4.69) is 34.5 Å². The summed E-state index contributed by atoms with van der Waals surface area (Å²) in [6, 6.07) is 10.6. The smallest absolute Gasteiger partial charge is 0.274 e. The Hall–Kier alpha value is -2.10. The minimum atomic E-state index is 0.0184. The van der Waals surface area contributed by atoms with Crippen LogP contribution in [0.5, 0.6) is 0 Å². The van der Waals surface area contributed by atoms with Gasteiger partial charge in [0.25, 0.3) is 5.91 Å². The number of nitrogens with one attached hydrogen (secondary N) is 1. The van der Waals surface area contributed by atoms with Gasteiger partial charge in [0.1, 0.15) is 5.69 Å². The minimum absolute atomic E-state index is 0.0184. The van der Waals surface area contributed by atoms with Crippen molar-refractivity contribution in [1.29, 1.82) is 0 Å². The van der Waals surface area contributed by atoms with Crippen LogP contribution in [0.25, 0.3) is 0 Å². The van der Waals surface area contributed by atoms with Crippen LogP contribution in [-0.4, -0.2) is 28.1 Å². The number of benzene rings is 1. The van der Waals surface area contributed by atoms with Crippen molar-refractivity contribution in [2.45, 2.75) is 44.1 Å².